The Balaban J connectivity index is 2.34. The molecule has 5 nitrogen and oxygen atoms in total. The maximum Gasteiger partial charge on any atom is 0.266 e. The quantitative estimate of drug-likeness (QED) is 0.425. The fourth-order valence-corrected chi connectivity index (χ4v) is 2.70. The SMILES string of the molecule is C#CCOc1cc(Br)c(/C=C(/C#N)C(=O)Nc2ccccc2C)cc1OC. The summed E-state index contributed by atoms with van der Waals surface area (Å²) in [5.74, 6) is 2.79. The number of benzene rings is 2. The molecule has 27 heavy (non-hydrogen) atoms. The van der Waals surface area contributed by atoms with Gasteiger partial charge in [-0.15, -0.1) is 6.42 Å². The second-order valence-electron chi connectivity index (χ2n) is 5.46. The van der Waals surface area contributed by atoms with Gasteiger partial charge in [-0.05, 0) is 42.3 Å². The predicted octanol–water partition coefficient (Wildman–Crippen LogP) is 4.32. The molecule has 6 heteroatoms. The number of ether oxygens (including phenoxy) is 2. The average molecular weight is 425 g/mol. The molecule has 0 aliphatic carbocycles. The zero-order valence-electron chi connectivity index (χ0n) is 14.9. The molecule has 0 bridgehead atoms. The number of methoxy groups -OCH3 is 1. The van der Waals surface area contributed by atoms with Gasteiger partial charge >= 0.3 is 0 Å². The molecular formula is C21H17BrN2O3. The number of anilines is 1. The van der Waals surface area contributed by atoms with E-state index in [9.17, 15) is 10.1 Å². The summed E-state index contributed by atoms with van der Waals surface area (Å²) in [6.45, 7) is 1.97. The van der Waals surface area contributed by atoms with E-state index in [-0.39, 0.29) is 12.2 Å². The maximum atomic E-state index is 12.5. The molecule has 0 aliphatic heterocycles. The van der Waals surface area contributed by atoms with Gasteiger partial charge in [0.15, 0.2) is 11.5 Å². The molecular weight excluding hydrogens is 408 g/mol. The highest BCUT2D eigenvalue weighted by Gasteiger charge is 2.14. The number of hydrogen-bond acceptors (Lipinski definition) is 4. The van der Waals surface area contributed by atoms with Gasteiger partial charge in [0.05, 0.1) is 7.11 Å². The van der Waals surface area contributed by atoms with Crippen molar-refractivity contribution in [1.29, 1.82) is 5.26 Å². The number of nitrogens with zero attached hydrogens (tertiary/aromatic N) is 1. The summed E-state index contributed by atoms with van der Waals surface area (Å²) in [6, 6.07) is 12.6. The second-order valence-corrected chi connectivity index (χ2v) is 6.31. The van der Waals surface area contributed by atoms with Crippen LogP contribution in [-0.4, -0.2) is 19.6 Å². The molecule has 0 fully saturated rings. The number of rotatable bonds is 6. The fraction of sp³-hybridized carbons (Fsp3) is 0.143. The maximum absolute atomic E-state index is 12.5. The van der Waals surface area contributed by atoms with Crippen LogP contribution in [0.15, 0.2) is 46.4 Å². The van der Waals surface area contributed by atoms with Gasteiger partial charge in [0, 0.05) is 10.2 Å². The molecule has 0 aliphatic rings. The lowest BCUT2D eigenvalue weighted by atomic mass is 10.1. The van der Waals surface area contributed by atoms with E-state index in [1.807, 2.05) is 31.2 Å². The molecule has 0 spiro atoms. The van der Waals surface area contributed by atoms with Crippen molar-refractivity contribution in [2.24, 2.45) is 0 Å². The number of halogens is 1. The molecule has 0 unspecified atom stereocenters. The third kappa shape index (κ3) is 5.13. The van der Waals surface area contributed by atoms with Crippen molar-refractivity contribution in [3.8, 4) is 29.9 Å². The Labute approximate surface area is 166 Å². The first-order chi connectivity index (χ1) is 13.0. The Morgan fingerprint density at radius 2 is 2.07 bits per heavy atom. The number of nitrogens with one attached hydrogen (secondary N) is 1. The van der Waals surface area contributed by atoms with E-state index in [4.69, 9.17) is 15.9 Å². The van der Waals surface area contributed by atoms with E-state index in [2.05, 4.69) is 27.2 Å². The standard InChI is InChI=1S/C21H17BrN2O3/c1-4-9-27-20-12-17(22)15(11-19(20)26-3)10-16(13-23)21(25)24-18-8-6-5-7-14(18)2/h1,5-8,10-12H,9H2,2-3H3,(H,24,25)/b16-10-. The largest absolute Gasteiger partial charge is 0.493 e. The van der Waals surface area contributed by atoms with Gasteiger partial charge in [0.25, 0.3) is 5.91 Å². The topological polar surface area (TPSA) is 71.3 Å². The Morgan fingerprint density at radius 1 is 1.33 bits per heavy atom. The van der Waals surface area contributed by atoms with Crippen molar-refractivity contribution < 1.29 is 14.3 Å². The molecule has 2 aromatic rings. The first-order valence-corrected chi connectivity index (χ1v) is 8.72. The molecule has 2 rings (SSSR count). The second kappa shape index (κ2) is 9.47. The van der Waals surface area contributed by atoms with Crippen LogP contribution in [0.3, 0.4) is 0 Å². The van der Waals surface area contributed by atoms with Crippen LogP contribution in [0, 0.1) is 30.6 Å². The first kappa shape index (κ1) is 20.1. The minimum absolute atomic E-state index is 0.0432. The molecule has 0 saturated heterocycles. The summed E-state index contributed by atoms with van der Waals surface area (Å²) in [6.07, 6.45) is 6.69. The van der Waals surface area contributed by atoms with Crippen molar-refractivity contribution in [2.75, 3.05) is 19.0 Å². The minimum Gasteiger partial charge on any atom is -0.493 e. The van der Waals surface area contributed by atoms with Crippen LogP contribution in [0.2, 0.25) is 0 Å². The first-order valence-electron chi connectivity index (χ1n) is 7.92. The van der Waals surface area contributed by atoms with Gasteiger partial charge in [-0.3, -0.25) is 4.79 Å². The number of hydrogen-bond donors (Lipinski definition) is 1. The number of terminal acetylenes is 1. The highest BCUT2D eigenvalue weighted by molar-refractivity contribution is 9.10. The molecule has 0 heterocycles. The van der Waals surface area contributed by atoms with Crippen LogP contribution in [-0.2, 0) is 4.79 Å². The van der Waals surface area contributed by atoms with E-state index in [1.54, 1.807) is 18.2 Å². The van der Waals surface area contributed by atoms with Gasteiger partial charge in [-0.25, -0.2) is 0 Å². The number of amides is 1. The monoisotopic (exact) mass is 424 g/mol. The third-order valence-corrected chi connectivity index (χ3v) is 4.34. The average Bonchev–Trinajstić information content (AvgIpc) is 2.67. The van der Waals surface area contributed by atoms with Gasteiger partial charge in [0.1, 0.15) is 18.2 Å². The molecule has 1 N–H and O–H groups in total. The summed E-state index contributed by atoms with van der Waals surface area (Å²) < 4.78 is 11.4. The van der Waals surface area contributed by atoms with Gasteiger partial charge in [0.2, 0.25) is 0 Å². The van der Waals surface area contributed by atoms with Crippen LogP contribution in [0.5, 0.6) is 11.5 Å². The highest BCUT2D eigenvalue weighted by Crippen LogP contribution is 2.34. The van der Waals surface area contributed by atoms with Crippen molar-refractivity contribution in [3.05, 3.63) is 57.6 Å². The fourth-order valence-electron chi connectivity index (χ4n) is 2.26. The number of carbonyl (C=O) groups excluding carboxylic acids is 1. The van der Waals surface area contributed by atoms with Crippen LogP contribution in [0.1, 0.15) is 11.1 Å². The van der Waals surface area contributed by atoms with Gasteiger partial charge < -0.3 is 14.8 Å². The van der Waals surface area contributed by atoms with Crippen LogP contribution in [0.4, 0.5) is 5.69 Å². The minimum atomic E-state index is -0.495. The summed E-state index contributed by atoms with van der Waals surface area (Å²) in [5, 5.41) is 12.2. The van der Waals surface area contributed by atoms with Gasteiger partial charge in [-0.1, -0.05) is 40.0 Å². The molecule has 136 valence electrons. The number of aryl methyl sites for hydroxylation is 1. The van der Waals surface area contributed by atoms with Crippen molar-refractivity contribution in [1.82, 2.24) is 0 Å². The summed E-state index contributed by atoms with van der Waals surface area (Å²) in [4.78, 5) is 12.5. The lowest BCUT2D eigenvalue weighted by molar-refractivity contribution is -0.112. The van der Waals surface area contributed by atoms with Crippen LogP contribution < -0.4 is 14.8 Å². The van der Waals surface area contributed by atoms with Crippen molar-refractivity contribution in [2.45, 2.75) is 6.92 Å². The van der Waals surface area contributed by atoms with Gasteiger partial charge in [-0.2, -0.15) is 5.26 Å². The molecule has 0 saturated carbocycles. The summed E-state index contributed by atoms with van der Waals surface area (Å²) in [7, 11) is 1.50. The summed E-state index contributed by atoms with van der Waals surface area (Å²) in [5.41, 5.74) is 2.11. The number of carbonyl (C=O) groups is 1. The normalized spacial score (nSPS) is 10.5. The van der Waals surface area contributed by atoms with Crippen molar-refractivity contribution in [3.63, 3.8) is 0 Å². The van der Waals surface area contributed by atoms with Crippen LogP contribution in [0.25, 0.3) is 6.08 Å². The Hall–Kier alpha value is -3.22. The zero-order valence-corrected chi connectivity index (χ0v) is 16.5. The highest BCUT2D eigenvalue weighted by atomic mass is 79.9. The molecule has 0 radical (unpaired) electrons. The lowest BCUT2D eigenvalue weighted by Gasteiger charge is -2.12. The van der Waals surface area contributed by atoms with E-state index < -0.39 is 5.91 Å². The molecule has 0 atom stereocenters. The summed E-state index contributed by atoms with van der Waals surface area (Å²) >= 11 is 3.41. The van der Waals surface area contributed by atoms with E-state index >= 15 is 0 Å². The Kier molecular flexibility index (Phi) is 7.05. The lowest BCUT2D eigenvalue weighted by Crippen LogP contribution is -2.14. The molecule has 2 aromatic carbocycles. The smallest absolute Gasteiger partial charge is 0.266 e. The van der Waals surface area contributed by atoms with E-state index in [1.165, 1.54) is 13.2 Å². The van der Waals surface area contributed by atoms with Crippen molar-refractivity contribution >= 4 is 33.6 Å². The number of para-hydroxylation sites is 1. The van der Waals surface area contributed by atoms with E-state index in [0.29, 0.717) is 27.2 Å². The Morgan fingerprint density at radius 3 is 2.70 bits per heavy atom. The molecule has 0 aromatic heterocycles. The predicted molar refractivity (Wildman–Crippen MR) is 108 cm³/mol. The van der Waals surface area contributed by atoms with Crippen LogP contribution >= 0.6 is 15.9 Å². The van der Waals surface area contributed by atoms with E-state index in [0.717, 1.165) is 5.56 Å². The zero-order chi connectivity index (χ0) is 19.8. The third-order valence-electron chi connectivity index (χ3n) is 3.65. The molecule has 1 amide bonds. The Bertz CT molecular complexity index is 968. The number of nitriles is 1.